The van der Waals surface area contributed by atoms with Gasteiger partial charge in [-0.1, -0.05) is 13.5 Å². The van der Waals surface area contributed by atoms with Crippen LogP contribution in [0.3, 0.4) is 0 Å². The lowest BCUT2D eigenvalue weighted by molar-refractivity contribution is 0.0721. The van der Waals surface area contributed by atoms with Crippen LogP contribution in [0.2, 0.25) is 0 Å². The summed E-state index contributed by atoms with van der Waals surface area (Å²) in [4.78, 5) is 25.1. The van der Waals surface area contributed by atoms with Crippen LogP contribution >= 0.6 is 0 Å². The van der Waals surface area contributed by atoms with Crippen molar-refractivity contribution in [3.63, 3.8) is 0 Å². The number of nitrogens with one attached hydrogen (secondary N) is 4. The van der Waals surface area contributed by atoms with E-state index >= 15 is 0 Å². The second-order valence-corrected chi connectivity index (χ2v) is 8.28. The minimum Gasteiger partial charge on any atom is -0.381 e. The molecule has 1 aliphatic heterocycles. The Kier molecular flexibility index (Phi) is 8.51. The summed E-state index contributed by atoms with van der Waals surface area (Å²) in [6.07, 6.45) is 6.89. The Morgan fingerprint density at radius 3 is 2.24 bits per heavy atom. The van der Waals surface area contributed by atoms with Crippen molar-refractivity contribution in [3.8, 4) is 0 Å². The van der Waals surface area contributed by atoms with Gasteiger partial charge < -0.3 is 20.7 Å². The molecule has 10 heteroatoms. The Balaban J connectivity index is 0.00000204. The summed E-state index contributed by atoms with van der Waals surface area (Å²) in [5.41, 5.74) is -0.613. The molecule has 0 bridgehead atoms. The lowest BCUT2D eigenvalue weighted by Crippen LogP contribution is -2.46. The minimum atomic E-state index is -0.990. The third-order valence-corrected chi connectivity index (χ3v) is 6.06. The molecule has 0 spiro atoms. The molecule has 4 rings (SSSR count). The average molecular weight is 466 g/mol. The molecular formula is C23H33F2N5O3. The fourth-order valence-electron chi connectivity index (χ4n) is 4.31. The van der Waals surface area contributed by atoms with Crippen molar-refractivity contribution in [2.45, 2.75) is 64.1 Å². The average Bonchev–Trinajstić information content (AvgIpc) is 3.24. The summed E-state index contributed by atoms with van der Waals surface area (Å²) in [5.74, 6) is -3.38. The van der Waals surface area contributed by atoms with Crippen LogP contribution in [0, 0.1) is 11.6 Å². The molecule has 1 saturated carbocycles. The van der Waals surface area contributed by atoms with Gasteiger partial charge in [0.2, 0.25) is 0 Å². The lowest BCUT2D eigenvalue weighted by Gasteiger charge is -2.33. The molecule has 182 valence electrons. The number of carbonyl (C=O) groups excluding carboxylic acids is 2. The number of aromatic nitrogens is 2. The van der Waals surface area contributed by atoms with E-state index in [0.29, 0.717) is 12.1 Å². The van der Waals surface area contributed by atoms with Gasteiger partial charge >= 0.3 is 0 Å². The number of amides is 2. The monoisotopic (exact) mass is 465 g/mol. The van der Waals surface area contributed by atoms with Crippen molar-refractivity contribution in [2.24, 2.45) is 0 Å². The topological polar surface area (TPSA) is 108 Å². The first-order valence-electron chi connectivity index (χ1n) is 10.9. The summed E-state index contributed by atoms with van der Waals surface area (Å²) >= 11 is 0. The van der Waals surface area contributed by atoms with Gasteiger partial charge in [0, 0.05) is 32.8 Å². The molecule has 2 fully saturated rings. The highest BCUT2D eigenvalue weighted by molar-refractivity contribution is 6.08. The molecule has 0 atom stereocenters. The van der Waals surface area contributed by atoms with Gasteiger partial charge in [0.15, 0.2) is 0 Å². The van der Waals surface area contributed by atoms with E-state index in [2.05, 4.69) is 26.1 Å². The maximum Gasteiger partial charge on any atom is 0.271 e. The molecule has 1 aromatic heterocycles. The van der Waals surface area contributed by atoms with Crippen molar-refractivity contribution < 1.29 is 24.5 Å². The van der Waals surface area contributed by atoms with Gasteiger partial charge in [-0.2, -0.15) is 5.10 Å². The van der Waals surface area contributed by atoms with Crippen molar-refractivity contribution in [1.82, 2.24) is 20.8 Å². The van der Waals surface area contributed by atoms with Gasteiger partial charge in [0.05, 0.1) is 11.9 Å². The van der Waals surface area contributed by atoms with Crippen LogP contribution in [0.1, 0.15) is 68.2 Å². The van der Waals surface area contributed by atoms with E-state index < -0.39 is 29.0 Å². The number of ether oxygens (including phenoxy) is 1. The highest BCUT2D eigenvalue weighted by Crippen LogP contribution is 2.22. The second-order valence-electron chi connectivity index (χ2n) is 8.28. The fraction of sp³-hybridized carbons (Fsp3) is 0.522. The van der Waals surface area contributed by atoms with E-state index in [9.17, 15) is 18.4 Å². The van der Waals surface area contributed by atoms with E-state index in [1.165, 1.54) is 12.3 Å². The largest absolute Gasteiger partial charge is 0.381 e. The maximum atomic E-state index is 13.9. The number of H-pyrrole nitrogens is 1. The van der Waals surface area contributed by atoms with Crippen LogP contribution in [0.5, 0.6) is 0 Å². The molecule has 1 saturated heterocycles. The van der Waals surface area contributed by atoms with Crippen LogP contribution in [0.25, 0.3) is 0 Å². The summed E-state index contributed by atoms with van der Waals surface area (Å²) < 4.78 is 33.1. The molecule has 1 aromatic carbocycles. The van der Waals surface area contributed by atoms with Crippen LogP contribution in [0.15, 0.2) is 24.4 Å². The molecule has 2 heterocycles. The SMILES string of the molecule is C.O=C(NC1CCC(NC2CCOCC2)CC1)c1[nH]ncc1NC(=O)c1c(F)cccc1F.[HH]. The number of halogens is 2. The number of nitrogens with zero attached hydrogens (tertiary/aromatic N) is 1. The third-order valence-electron chi connectivity index (χ3n) is 6.06. The zero-order chi connectivity index (χ0) is 22.5. The highest BCUT2D eigenvalue weighted by atomic mass is 19.1. The molecule has 2 amide bonds. The molecule has 4 N–H and O–H groups in total. The molecule has 8 nitrogen and oxygen atoms in total. The number of hydrogen-bond acceptors (Lipinski definition) is 5. The van der Waals surface area contributed by atoms with Crippen LogP contribution in [-0.2, 0) is 4.74 Å². The Morgan fingerprint density at radius 1 is 0.970 bits per heavy atom. The van der Waals surface area contributed by atoms with E-state index in [1.54, 1.807) is 0 Å². The maximum absolute atomic E-state index is 13.9. The van der Waals surface area contributed by atoms with Gasteiger partial charge in [0.1, 0.15) is 22.9 Å². The third kappa shape index (κ3) is 6.14. The Labute approximate surface area is 193 Å². The summed E-state index contributed by atoms with van der Waals surface area (Å²) in [6, 6.07) is 4.10. The first kappa shape index (κ1) is 24.8. The Hall–Kier alpha value is -2.85. The number of rotatable bonds is 6. The molecule has 1 aliphatic carbocycles. The number of anilines is 1. The Morgan fingerprint density at radius 2 is 1.58 bits per heavy atom. The molecule has 2 aliphatic rings. The van der Waals surface area contributed by atoms with Crippen molar-refractivity contribution >= 4 is 17.5 Å². The number of carbonyl (C=O) groups is 2. The number of aromatic amines is 1. The summed E-state index contributed by atoms with van der Waals surface area (Å²) in [5, 5.41) is 15.4. The number of benzene rings is 1. The quantitative estimate of drug-likeness (QED) is 0.521. The normalized spacial score (nSPS) is 21.2. The van der Waals surface area contributed by atoms with Gasteiger partial charge in [-0.15, -0.1) is 0 Å². The Bertz CT molecular complexity index is 940. The van der Waals surface area contributed by atoms with Crippen LogP contribution in [0.4, 0.5) is 14.5 Å². The second kappa shape index (κ2) is 11.3. The van der Waals surface area contributed by atoms with Gasteiger partial charge in [-0.3, -0.25) is 14.7 Å². The summed E-state index contributed by atoms with van der Waals surface area (Å²) in [6.45, 7) is 1.60. The van der Waals surface area contributed by atoms with E-state index in [4.69, 9.17) is 4.74 Å². The first-order valence-corrected chi connectivity index (χ1v) is 10.9. The first-order chi connectivity index (χ1) is 15.5. The molecular weight excluding hydrogens is 432 g/mol. The van der Waals surface area contributed by atoms with Crippen molar-refractivity contribution in [1.29, 1.82) is 0 Å². The predicted octanol–water partition coefficient (Wildman–Crippen LogP) is 3.63. The van der Waals surface area contributed by atoms with E-state index in [-0.39, 0.29) is 26.3 Å². The van der Waals surface area contributed by atoms with Gasteiger partial charge in [-0.25, -0.2) is 8.78 Å². The van der Waals surface area contributed by atoms with Gasteiger partial charge in [-0.05, 0) is 50.7 Å². The number of hydrogen-bond donors (Lipinski definition) is 4. The lowest BCUT2D eigenvalue weighted by atomic mass is 9.90. The zero-order valence-corrected chi connectivity index (χ0v) is 17.6. The highest BCUT2D eigenvalue weighted by Gasteiger charge is 2.27. The zero-order valence-electron chi connectivity index (χ0n) is 17.6. The standard InChI is InChI=1S/C22H27F2N5O3.CH4.H2/c23-16-2-1-3-17(24)19(16)21(30)28-18-12-25-29-20(18)22(31)27-14-6-4-13(5-7-14)26-15-8-10-32-11-9-15;;/h1-3,12-15,26H,4-11H2,(H,25,29)(H,27,31)(H,28,30);1H4;1H. The molecule has 0 radical (unpaired) electrons. The smallest absolute Gasteiger partial charge is 0.271 e. The van der Waals surface area contributed by atoms with E-state index in [0.717, 1.165) is 63.9 Å². The van der Waals surface area contributed by atoms with E-state index in [1.807, 2.05) is 0 Å². The summed E-state index contributed by atoms with van der Waals surface area (Å²) in [7, 11) is 0. The van der Waals surface area contributed by atoms with Crippen LogP contribution < -0.4 is 16.0 Å². The minimum absolute atomic E-state index is 0. The predicted molar refractivity (Wildman–Crippen MR) is 122 cm³/mol. The van der Waals surface area contributed by atoms with Crippen molar-refractivity contribution in [2.75, 3.05) is 18.5 Å². The van der Waals surface area contributed by atoms with Crippen molar-refractivity contribution in [3.05, 3.63) is 47.3 Å². The molecule has 33 heavy (non-hydrogen) atoms. The fourth-order valence-corrected chi connectivity index (χ4v) is 4.31. The van der Waals surface area contributed by atoms with Crippen LogP contribution in [-0.4, -0.2) is 53.4 Å². The molecule has 2 aromatic rings. The molecule has 0 unspecified atom stereocenters. The van der Waals surface area contributed by atoms with Gasteiger partial charge in [0.25, 0.3) is 11.8 Å².